The van der Waals surface area contributed by atoms with E-state index in [4.69, 9.17) is 5.73 Å². The molecule has 0 bridgehead atoms. The third kappa shape index (κ3) is 1.82. The Kier molecular flexibility index (Phi) is 2.46. The summed E-state index contributed by atoms with van der Waals surface area (Å²) in [6.07, 6.45) is 5.04. The Morgan fingerprint density at radius 1 is 1.50 bits per heavy atom. The average molecular weight is 140 g/mol. The van der Waals surface area contributed by atoms with Crippen molar-refractivity contribution >= 4 is 0 Å². The van der Waals surface area contributed by atoms with Gasteiger partial charge in [-0.25, -0.2) is 0 Å². The summed E-state index contributed by atoms with van der Waals surface area (Å²) in [7, 11) is 0. The van der Waals surface area contributed by atoms with Crippen LogP contribution in [0.3, 0.4) is 0 Å². The van der Waals surface area contributed by atoms with E-state index in [1.165, 1.54) is 0 Å². The highest BCUT2D eigenvalue weighted by Gasteiger charge is 2.24. The van der Waals surface area contributed by atoms with Gasteiger partial charge in [-0.2, -0.15) is 0 Å². The van der Waals surface area contributed by atoms with Gasteiger partial charge in [0.25, 0.3) is 0 Å². The molecule has 1 rings (SSSR count). The van der Waals surface area contributed by atoms with E-state index in [-0.39, 0.29) is 5.54 Å². The summed E-state index contributed by atoms with van der Waals surface area (Å²) < 4.78 is 0. The number of rotatable bonds is 2. The summed E-state index contributed by atoms with van der Waals surface area (Å²) in [4.78, 5) is 0. The van der Waals surface area contributed by atoms with Crippen molar-refractivity contribution in [3.05, 3.63) is 12.7 Å². The van der Waals surface area contributed by atoms with Crippen LogP contribution in [0.4, 0.5) is 0 Å². The van der Waals surface area contributed by atoms with E-state index in [1.807, 2.05) is 6.08 Å². The second-order valence-corrected chi connectivity index (χ2v) is 3.11. The van der Waals surface area contributed by atoms with Crippen molar-refractivity contribution in [2.75, 3.05) is 13.1 Å². The molecule has 0 atom stereocenters. The van der Waals surface area contributed by atoms with Gasteiger partial charge in [0, 0.05) is 5.54 Å². The number of nitrogens with one attached hydrogen (secondary N) is 1. The summed E-state index contributed by atoms with van der Waals surface area (Å²) in [6.45, 7) is 5.82. The van der Waals surface area contributed by atoms with E-state index in [2.05, 4.69) is 11.9 Å². The van der Waals surface area contributed by atoms with Crippen molar-refractivity contribution in [2.24, 2.45) is 5.73 Å². The molecule has 0 aromatic carbocycles. The Labute approximate surface area is 62.5 Å². The van der Waals surface area contributed by atoms with E-state index in [0.717, 1.165) is 32.4 Å². The molecule has 1 aliphatic rings. The van der Waals surface area contributed by atoms with Crippen LogP contribution in [0.25, 0.3) is 0 Å². The van der Waals surface area contributed by atoms with Gasteiger partial charge in [0.05, 0.1) is 0 Å². The molecule has 0 aliphatic carbocycles. The van der Waals surface area contributed by atoms with Crippen LogP contribution >= 0.6 is 0 Å². The molecule has 3 N–H and O–H groups in total. The highest BCUT2D eigenvalue weighted by molar-refractivity contribution is 4.94. The van der Waals surface area contributed by atoms with Crippen LogP contribution in [0.15, 0.2) is 12.7 Å². The molecule has 0 unspecified atom stereocenters. The van der Waals surface area contributed by atoms with Crippen molar-refractivity contribution in [3.63, 3.8) is 0 Å². The maximum atomic E-state index is 6.06. The van der Waals surface area contributed by atoms with Gasteiger partial charge in [0.1, 0.15) is 0 Å². The molecule has 1 fully saturated rings. The lowest BCUT2D eigenvalue weighted by Crippen LogP contribution is -2.48. The molecule has 0 radical (unpaired) electrons. The zero-order chi connectivity index (χ0) is 7.45. The molecule has 0 spiro atoms. The standard InChI is InChI=1S/C8H16N2/c1-2-3-8(9)4-6-10-7-5-8/h2,10H,1,3-7,9H2. The number of hydrogen-bond donors (Lipinski definition) is 2. The molecular formula is C8H16N2. The van der Waals surface area contributed by atoms with E-state index in [1.54, 1.807) is 0 Å². The van der Waals surface area contributed by atoms with Crippen LogP contribution in [-0.2, 0) is 0 Å². The first-order chi connectivity index (χ1) is 4.77. The van der Waals surface area contributed by atoms with Gasteiger partial charge < -0.3 is 11.1 Å². The van der Waals surface area contributed by atoms with Crippen molar-refractivity contribution in [1.82, 2.24) is 5.32 Å². The van der Waals surface area contributed by atoms with Crippen molar-refractivity contribution in [3.8, 4) is 0 Å². The highest BCUT2D eigenvalue weighted by atomic mass is 14.9. The Bertz CT molecular complexity index is 114. The summed E-state index contributed by atoms with van der Waals surface area (Å²) in [6, 6.07) is 0. The molecule has 10 heavy (non-hydrogen) atoms. The Hall–Kier alpha value is -0.340. The van der Waals surface area contributed by atoms with Gasteiger partial charge in [0.15, 0.2) is 0 Å². The predicted molar refractivity (Wildman–Crippen MR) is 43.8 cm³/mol. The van der Waals surface area contributed by atoms with Crippen LogP contribution in [0, 0.1) is 0 Å². The Morgan fingerprint density at radius 3 is 2.60 bits per heavy atom. The smallest absolute Gasteiger partial charge is 0.0213 e. The monoisotopic (exact) mass is 140 g/mol. The normalized spacial score (nSPS) is 24.1. The van der Waals surface area contributed by atoms with Gasteiger partial charge in [-0.3, -0.25) is 0 Å². The zero-order valence-electron chi connectivity index (χ0n) is 6.40. The van der Waals surface area contributed by atoms with Gasteiger partial charge in [-0.1, -0.05) is 6.08 Å². The third-order valence-corrected chi connectivity index (χ3v) is 2.15. The van der Waals surface area contributed by atoms with Crippen LogP contribution in [0.5, 0.6) is 0 Å². The van der Waals surface area contributed by atoms with Crippen molar-refractivity contribution in [1.29, 1.82) is 0 Å². The lowest BCUT2D eigenvalue weighted by molar-refractivity contribution is 0.313. The fourth-order valence-corrected chi connectivity index (χ4v) is 1.42. The van der Waals surface area contributed by atoms with Gasteiger partial charge in [-0.05, 0) is 32.4 Å². The fraction of sp³-hybridized carbons (Fsp3) is 0.750. The van der Waals surface area contributed by atoms with Gasteiger partial charge in [-0.15, -0.1) is 6.58 Å². The molecule has 1 heterocycles. The SMILES string of the molecule is C=CCC1(N)CCNCC1. The molecule has 1 saturated heterocycles. The predicted octanol–water partition coefficient (Wildman–Crippen LogP) is 0.643. The lowest BCUT2D eigenvalue weighted by Gasteiger charge is -2.32. The molecule has 0 aromatic heterocycles. The second-order valence-electron chi connectivity index (χ2n) is 3.11. The van der Waals surface area contributed by atoms with Crippen LogP contribution in [-0.4, -0.2) is 18.6 Å². The first-order valence-corrected chi connectivity index (χ1v) is 3.87. The van der Waals surface area contributed by atoms with Crippen LogP contribution < -0.4 is 11.1 Å². The second kappa shape index (κ2) is 3.17. The van der Waals surface area contributed by atoms with Crippen LogP contribution in [0.1, 0.15) is 19.3 Å². The van der Waals surface area contributed by atoms with Crippen molar-refractivity contribution in [2.45, 2.75) is 24.8 Å². The lowest BCUT2D eigenvalue weighted by atomic mass is 9.86. The van der Waals surface area contributed by atoms with Gasteiger partial charge in [0.2, 0.25) is 0 Å². The Balaban J connectivity index is 2.39. The van der Waals surface area contributed by atoms with E-state index < -0.39 is 0 Å². The number of nitrogens with two attached hydrogens (primary N) is 1. The third-order valence-electron chi connectivity index (χ3n) is 2.15. The average Bonchev–Trinajstić information content (AvgIpc) is 1.89. The Morgan fingerprint density at radius 2 is 2.10 bits per heavy atom. The maximum absolute atomic E-state index is 6.06. The molecule has 2 heteroatoms. The minimum Gasteiger partial charge on any atom is -0.325 e. The maximum Gasteiger partial charge on any atom is 0.0213 e. The highest BCUT2D eigenvalue weighted by Crippen LogP contribution is 2.18. The molecule has 1 aliphatic heterocycles. The molecule has 0 amide bonds. The zero-order valence-corrected chi connectivity index (χ0v) is 6.40. The fourth-order valence-electron chi connectivity index (χ4n) is 1.42. The summed E-state index contributed by atoms with van der Waals surface area (Å²) in [5.41, 5.74) is 6.11. The van der Waals surface area contributed by atoms with E-state index in [0.29, 0.717) is 0 Å². The molecule has 58 valence electrons. The molecule has 2 nitrogen and oxygen atoms in total. The van der Waals surface area contributed by atoms with E-state index >= 15 is 0 Å². The van der Waals surface area contributed by atoms with Crippen LogP contribution in [0.2, 0.25) is 0 Å². The molecule has 0 saturated carbocycles. The van der Waals surface area contributed by atoms with Gasteiger partial charge >= 0.3 is 0 Å². The minimum absolute atomic E-state index is 0.0486. The minimum atomic E-state index is 0.0486. The largest absolute Gasteiger partial charge is 0.325 e. The first-order valence-electron chi connectivity index (χ1n) is 3.87. The topological polar surface area (TPSA) is 38.0 Å². The molecular weight excluding hydrogens is 124 g/mol. The summed E-state index contributed by atoms with van der Waals surface area (Å²) in [5.74, 6) is 0. The van der Waals surface area contributed by atoms with Crippen molar-refractivity contribution < 1.29 is 0 Å². The summed E-state index contributed by atoms with van der Waals surface area (Å²) >= 11 is 0. The number of hydrogen-bond acceptors (Lipinski definition) is 2. The summed E-state index contributed by atoms with van der Waals surface area (Å²) in [5, 5.41) is 3.28. The quantitative estimate of drug-likeness (QED) is 0.552. The first kappa shape index (κ1) is 7.76. The number of piperidine rings is 1. The van der Waals surface area contributed by atoms with E-state index in [9.17, 15) is 0 Å². The molecule has 0 aromatic rings.